The van der Waals surface area contributed by atoms with E-state index < -0.39 is 0 Å². The predicted octanol–water partition coefficient (Wildman–Crippen LogP) is 5.49. The maximum absolute atomic E-state index is 13.2. The number of carbonyl (C=O) groups excluding carboxylic acids is 2. The number of carbonyl (C=O) groups is 2. The van der Waals surface area contributed by atoms with E-state index in [1.807, 2.05) is 48.5 Å². The van der Waals surface area contributed by atoms with Crippen molar-refractivity contribution in [2.24, 2.45) is 5.92 Å². The fraction of sp³-hybridized carbons (Fsp3) is 0.360. The molecule has 2 atom stereocenters. The zero-order valence-electron chi connectivity index (χ0n) is 17.3. The molecule has 1 heterocycles. The van der Waals surface area contributed by atoms with Crippen LogP contribution in [0.4, 0.5) is 0 Å². The fourth-order valence-electron chi connectivity index (χ4n) is 4.27. The Morgan fingerprint density at radius 3 is 2.30 bits per heavy atom. The second-order valence-corrected chi connectivity index (χ2v) is 9.47. The molecule has 0 bridgehead atoms. The lowest BCUT2D eigenvalue weighted by Gasteiger charge is -2.34. The Morgan fingerprint density at radius 2 is 1.63 bits per heavy atom. The first-order chi connectivity index (χ1) is 14.4. The molecule has 1 aliphatic carbocycles. The summed E-state index contributed by atoms with van der Waals surface area (Å²) in [4.78, 5) is 25.6. The molecule has 1 N–H and O–H groups in total. The second kappa shape index (κ2) is 8.76. The van der Waals surface area contributed by atoms with Gasteiger partial charge in [-0.2, -0.15) is 0 Å². The highest BCUT2D eigenvalue weighted by molar-refractivity contribution is 9.10. The van der Waals surface area contributed by atoms with Gasteiger partial charge in [0, 0.05) is 34.5 Å². The van der Waals surface area contributed by atoms with Crippen LogP contribution >= 0.6 is 15.9 Å². The first kappa shape index (κ1) is 20.9. The van der Waals surface area contributed by atoms with Gasteiger partial charge in [0.05, 0.1) is 6.61 Å². The Kier molecular flexibility index (Phi) is 6.09. The van der Waals surface area contributed by atoms with Gasteiger partial charge in [0.2, 0.25) is 5.91 Å². The van der Waals surface area contributed by atoms with Crippen LogP contribution in [0.15, 0.2) is 64.3 Å². The smallest absolute Gasteiger partial charge is 0.225 e. The first-order valence-corrected chi connectivity index (χ1v) is 11.2. The highest BCUT2D eigenvalue weighted by atomic mass is 79.9. The van der Waals surface area contributed by atoms with Crippen molar-refractivity contribution >= 4 is 27.6 Å². The van der Waals surface area contributed by atoms with Gasteiger partial charge in [-0.3, -0.25) is 9.59 Å². The number of rotatable bonds is 5. The minimum Gasteiger partial charge on any atom is -0.493 e. The fourth-order valence-corrected chi connectivity index (χ4v) is 4.54. The van der Waals surface area contributed by atoms with E-state index in [9.17, 15) is 9.59 Å². The summed E-state index contributed by atoms with van der Waals surface area (Å²) in [7, 11) is 0. The van der Waals surface area contributed by atoms with Crippen molar-refractivity contribution in [2.45, 2.75) is 44.9 Å². The second-order valence-electron chi connectivity index (χ2n) is 8.55. The van der Waals surface area contributed by atoms with E-state index in [1.54, 1.807) is 0 Å². The maximum atomic E-state index is 13.2. The number of ketones is 1. The number of nitrogens with one attached hydrogen (secondary N) is 1. The van der Waals surface area contributed by atoms with Crippen molar-refractivity contribution in [3.8, 4) is 5.75 Å². The van der Waals surface area contributed by atoms with E-state index in [0.717, 1.165) is 32.6 Å². The van der Waals surface area contributed by atoms with Crippen LogP contribution in [0.25, 0.3) is 0 Å². The van der Waals surface area contributed by atoms with E-state index in [1.165, 1.54) is 0 Å². The van der Waals surface area contributed by atoms with E-state index in [4.69, 9.17) is 4.74 Å². The monoisotopic (exact) mass is 467 g/mol. The lowest BCUT2D eigenvalue weighted by molar-refractivity contribution is -0.122. The Hall–Kier alpha value is -2.40. The minimum absolute atomic E-state index is 0.0208. The number of halogens is 1. The summed E-state index contributed by atoms with van der Waals surface area (Å²) in [5.41, 5.74) is 3.69. The molecule has 4 rings (SSSR count). The van der Waals surface area contributed by atoms with Crippen LogP contribution in [0.5, 0.6) is 5.75 Å². The highest BCUT2D eigenvalue weighted by Gasteiger charge is 2.38. The van der Waals surface area contributed by atoms with Crippen LogP contribution in [0.2, 0.25) is 0 Å². The Balaban J connectivity index is 1.57. The van der Waals surface area contributed by atoms with E-state index >= 15 is 0 Å². The van der Waals surface area contributed by atoms with Gasteiger partial charge < -0.3 is 10.1 Å². The molecule has 2 aromatic carbocycles. The Morgan fingerprint density at radius 1 is 0.967 bits per heavy atom. The third-order valence-electron chi connectivity index (χ3n) is 5.74. The summed E-state index contributed by atoms with van der Waals surface area (Å²) in [6, 6.07) is 15.9. The lowest BCUT2D eigenvalue weighted by atomic mass is 9.73. The molecular weight excluding hydrogens is 442 g/mol. The van der Waals surface area contributed by atoms with Crippen molar-refractivity contribution < 1.29 is 14.3 Å². The number of amides is 1. The molecule has 0 saturated carbocycles. The Bertz CT molecular complexity index is 976. The molecular formula is C25H26BrNO3. The number of hydrogen-bond acceptors (Lipinski definition) is 3. The summed E-state index contributed by atoms with van der Waals surface area (Å²) in [6.45, 7) is 4.92. The summed E-state index contributed by atoms with van der Waals surface area (Å²) >= 11 is 3.45. The molecule has 4 nitrogen and oxygen atoms in total. The van der Waals surface area contributed by atoms with Crippen LogP contribution < -0.4 is 10.1 Å². The van der Waals surface area contributed by atoms with Crippen LogP contribution in [-0.4, -0.2) is 18.3 Å². The van der Waals surface area contributed by atoms with Crippen LogP contribution in [0, 0.1) is 5.92 Å². The molecule has 5 heteroatoms. The average molecular weight is 468 g/mol. The standard InChI is InChI=1S/C25H26BrNO3/c1-15(2)14-30-20-9-5-16(6-10-20)18-11-22-25(23(28)12-18)21(13-24(29)27-22)17-3-7-19(26)8-4-17/h3-10,15,18,21H,11-14H2,1-2H3,(H,27,29). The summed E-state index contributed by atoms with van der Waals surface area (Å²) in [5.74, 6) is 1.33. The highest BCUT2D eigenvalue weighted by Crippen LogP contribution is 2.42. The van der Waals surface area contributed by atoms with Crippen molar-refractivity contribution in [2.75, 3.05) is 6.61 Å². The molecule has 0 fully saturated rings. The van der Waals surface area contributed by atoms with Gasteiger partial charge in [0.25, 0.3) is 0 Å². The summed E-state index contributed by atoms with van der Waals surface area (Å²) in [5, 5.41) is 2.99. The third-order valence-corrected chi connectivity index (χ3v) is 6.27. The quantitative estimate of drug-likeness (QED) is 0.632. The summed E-state index contributed by atoms with van der Waals surface area (Å²) < 4.78 is 6.75. The molecule has 0 radical (unpaired) electrons. The third kappa shape index (κ3) is 4.51. The normalized spacial score (nSPS) is 21.5. The zero-order valence-corrected chi connectivity index (χ0v) is 18.9. The van der Waals surface area contributed by atoms with Gasteiger partial charge >= 0.3 is 0 Å². The van der Waals surface area contributed by atoms with Crippen molar-refractivity contribution in [3.63, 3.8) is 0 Å². The number of allylic oxidation sites excluding steroid dienone is 2. The van der Waals surface area contributed by atoms with Crippen LogP contribution in [0.3, 0.4) is 0 Å². The molecule has 0 spiro atoms. The maximum Gasteiger partial charge on any atom is 0.225 e. The van der Waals surface area contributed by atoms with Gasteiger partial charge in [-0.1, -0.05) is 54.0 Å². The minimum atomic E-state index is -0.165. The predicted molar refractivity (Wildman–Crippen MR) is 120 cm³/mol. The largest absolute Gasteiger partial charge is 0.493 e. The topological polar surface area (TPSA) is 55.4 Å². The van der Waals surface area contributed by atoms with E-state index in [2.05, 4.69) is 35.1 Å². The van der Waals surface area contributed by atoms with Gasteiger partial charge in [-0.25, -0.2) is 0 Å². The molecule has 1 amide bonds. The van der Waals surface area contributed by atoms with Crippen molar-refractivity contribution in [1.29, 1.82) is 0 Å². The molecule has 0 aromatic heterocycles. The molecule has 2 unspecified atom stereocenters. The zero-order chi connectivity index (χ0) is 21.3. The molecule has 30 heavy (non-hydrogen) atoms. The molecule has 2 aliphatic rings. The van der Waals surface area contributed by atoms with E-state index in [0.29, 0.717) is 31.8 Å². The van der Waals surface area contributed by atoms with Crippen LogP contribution in [-0.2, 0) is 9.59 Å². The summed E-state index contributed by atoms with van der Waals surface area (Å²) in [6.07, 6.45) is 1.46. The van der Waals surface area contributed by atoms with Crippen molar-refractivity contribution in [1.82, 2.24) is 5.32 Å². The average Bonchev–Trinajstić information content (AvgIpc) is 2.72. The Labute approximate surface area is 185 Å². The van der Waals surface area contributed by atoms with Gasteiger partial charge in [-0.15, -0.1) is 0 Å². The lowest BCUT2D eigenvalue weighted by Crippen LogP contribution is -2.38. The molecule has 156 valence electrons. The van der Waals surface area contributed by atoms with Crippen molar-refractivity contribution in [3.05, 3.63) is 75.4 Å². The van der Waals surface area contributed by atoms with Gasteiger partial charge in [-0.05, 0) is 53.6 Å². The molecule has 2 aromatic rings. The molecule has 1 aliphatic heterocycles. The van der Waals surface area contributed by atoms with Gasteiger partial charge in [0.15, 0.2) is 5.78 Å². The van der Waals surface area contributed by atoms with E-state index in [-0.39, 0.29) is 23.5 Å². The number of ether oxygens (including phenoxy) is 1. The molecule has 0 saturated heterocycles. The number of benzene rings is 2. The number of Topliss-reactive ketones (excluding diaryl/α,β-unsaturated/α-hetero) is 1. The SMILES string of the molecule is CC(C)COc1ccc(C2CC(=O)C3=C(C2)NC(=O)CC3c2ccc(Br)cc2)cc1. The van der Waals surface area contributed by atoms with Crippen LogP contribution in [0.1, 0.15) is 56.1 Å². The van der Waals surface area contributed by atoms with Gasteiger partial charge in [0.1, 0.15) is 5.75 Å². The first-order valence-electron chi connectivity index (χ1n) is 10.4. The number of hydrogen-bond donors (Lipinski definition) is 1.